The molecular formula is C72H57N11O31. The number of benzene rings is 10. The molecule has 0 saturated heterocycles. The van der Waals surface area contributed by atoms with E-state index in [1.807, 2.05) is 6.92 Å². The molecule has 0 radical (unpaired) electrons. The van der Waals surface area contributed by atoms with Crippen LogP contribution >= 0.6 is 0 Å². The molecule has 0 spiro atoms. The van der Waals surface area contributed by atoms with Gasteiger partial charge in [-0.1, -0.05) is 25.1 Å². The third-order valence-electron chi connectivity index (χ3n) is 16.1. The molecule has 10 aromatic rings. The quantitative estimate of drug-likeness (QED) is 0.0279. The number of hydrogen-bond donors (Lipinski definition) is 1. The number of nitrogens with zero attached hydrogens (tertiary/aromatic N) is 11. The fourth-order valence-electron chi connectivity index (χ4n) is 10.9. The van der Waals surface area contributed by atoms with Gasteiger partial charge in [-0.15, -0.1) is 0 Å². The highest BCUT2D eigenvalue weighted by Gasteiger charge is 2.28. The minimum atomic E-state index is -0.852. The summed E-state index contributed by atoms with van der Waals surface area (Å²) in [5.74, 6) is -0.804. The van der Waals surface area contributed by atoms with Gasteiger partial charge in [-0.25, -0.2) is 0 Å². The maximum absolute atomic E-state index is 11.8. The van der Waals surface area contributed by atoms with E-state index in [2.05, 4.69) is 0 Å². The number of nitro groups is 11. The second-order valence-corrected chi connectivity index (χ2v) is 24.2. The lowest BCUT2D eigenvalue weighted by molar-refractivity contribution is -0.395. The van der Waals surface area contributed by atoms with Crippen LogP contribution in [0, 0.1) is 118 Å². The van der Waals surface area contributed by atoms with Gasteiger partial charge in [-0.05, 0) is 166 Å². The van der Waals surface area contributed by atoms with E-state index in [0.717, 1.165) is 96.6 Å². The van der Waals surface area contributed by atoms with Crippen molar-refractivity contribution in [3.63, 3.8) is 0 Å². The smallest absolute Gasteiger partial charge is 0.317 e. The first-order valence-electron chi connectivity index (χ1n) is 32.8. The van der Waals surface area contributed by atoms with Crippen LogP contribution in [-0.4, -0.2) is 59.3 Å². The largest absolute Gasteiger partial charge is 0.489 e. The van der Waals surface area contributed by atoms with Gasteiger partial charge in [-0.2, -0.15) is 0 Å². The van der Waals surface area contributed by atoms with Crippen molar-refractivity contribution in [2.75, 3.05) is 0 Å². The molecule has 10 aromatic carbocycles. The summed E-state index contributed by atoms with van der Waals surface area (Å²) in [5, 5.41) is 136. The van der Waals surface area contributed by atoms with Crippen LogP contribution in [0.4, 0.5) is 62.6 Å². The Morgan fingerprint density at radius 3 is 0.640 bits per heavy atom. The van der Waals surface area contributed by atoms with Crippen molar-refractivity contribution in [2.45, 2.75) is 79.7 Å². The Kier molecular flexibility index (Phi) is 26.8. The van der Waals surface area contributed by atoms with E-state index in [-0.39, 0.29) is 105 Å². The maximum Gasteiger partial charge on any atom is 0.317 e. The number of aliphatic hydroxyl groups is 1. The van der Waals surface area contributed by atoms with Gasteiger partial charge in [0.15, 0.2) is 34.5 Å². The summed E-state index contributed by atoms with van der Waals surface area (Å²) in [6, 6.07) is 38.6. The van der Waals surface area contributed by atoms with Crippen LogP contribution in [0.3, 0.4) is 0 Å². The van der Waals surface area contributed by atoms with Crippen molar-refractivity contribution in [1.29, 1.82) is 0 Å². The van der Waals surface area contributed by atoms with E-state index in [1.165, 1.54) is 30.3 Å². The van der Waals surface area contributed by atoms with E-state index in [4.69, 9.17) is 37.9 Å². The Morgan fingerprint density at radius 2 is 0.439 bits per heavy atom. The van der Waals surface area contributed by atoms with Gasteiger partial charge in [0.25, 0.3) is 28.4 Å². The fraction of sp³-hybridized carbons (Fsp3) is 0.167. The summed E-state index contributed by atoms with van der Waals surface area (Å²) >= 11 is 0. The first-order valence-corrected chi connectivity index (χ1v) is 32.8. The monoisotopic (exact) mass is 1570 g/mol. The topological polar surface area (TPSA) is 569 Å². The van der Waals surface area contributed by atoms with Crippen LogP contribution in [0.25, 0.3) is 0 Å². The van der Waals surface area contributed by atoms with E-state index in [9.17, 15) is 116 Å². The molecule has 10 rings (SSSR count). The zero-order valence-electron chi connectivity index (χ0n) is 59.0. The van der Waals surface area contributed by atoms with Gasteiger partial charge in [0, 0.05) is 42.5 Å². The number of non-ortho nitro benzene ring substituents is 5. The molecule has 0 aliphatic heterocycles. The standard InChI is InChI=1S/C50H39N7O21.C22H18N4O10/c1-30-2-6-47(43(10-30)54(65)66)75-26-34-11-32(12-35(15-34)27-76-48-7-3-38(51(59)60)19-44(48)55(67)68)24-73-41-17-31(23-58)18-42(22-41)74-25-33-13-36(28-77-49-8-4-39(52(61)62)20-45(49)56(69)70)16-37(14-33)29-78-50-9-5-40(53(63)64)21-46(50)57(71)72;1-2-14-7-15(12-35-21-5-3-17(23(27)28)10-19(21)25(31)32)9-16(8-14)13-36-22-6-4-18(24(29)30)11-20(22)26(33)34/h2-22,58H,23-29H2,1H3;3-11H,2,12-13H2,1H3. The third kappa shape index (κ3) is 22.1. The highest BCUT2D eigenvalue weighted by molar-refractivity contribution is 5.58. The lowest BCUT2D eigenvalue weighted by Crippen LogP contribution is -2.06. The number of nitro benzene ring substituents is 11. The van der Waals surface area contributed by atoms with Gasteiger partial charge in [0.05, 0.1) is 91.1 Å². The van der Waals surface area contributed by atoms with Crippen molar-refractivity contribution < 1.29 is 97.2 Å². The third-order valence-corrected chi connectivity index (χ3v) is 16.1. The molecule has 586 valence electrons. The van der Waals surface area contributed by atoms with Gasteiger partial charge in [0.1, 0.15) is 64.4 Å². The summed E-state index contributed by atoms with van der Waals surface area (Å²) in [5.41, 5.74) is -0.365. The Labute approximate surface area is 637 Å². The van der Waals surface area contributed by atoms with Crippen molar-refractivity contribution in [2.24, 2.45) is 0 Å². The first kappa shape index (κ1) is 82.0. The average molecular weight is 1570 g/mol. The molecule has 114 heavy (non-hydrogen) atoms. The minimum absolute atomic E-state index is 0.0217. The van der Waals surface area contributed by atoms with Gasteiger partial charge in [0.2, 0.25) is 0 Å². The molecule has 0 aliphatic carbocycles. The predicted octanol–water partition coefficient (Wildman–Crippen LogP) is 15.4. The fourth-order valence-corrected chi connectivity index (χ4v) is 10.9. The maximum atomic E-state index is 11.8. The normalized spacial score (nSPS) is 10.7. The van der Waals surface area contributed by atoms with Crippen LogP contribution in [-0.2, 0) is 65.9 Å². The molecule has 42 nitrogen and oxygen atoms in total. The summed E-state index contributed by atoms with van der Waals surface area (Å²) in [6.45, 7) is 1.34. The molecule has 42 heteroatoms. The number of ether oxygens (including phenoxy) is 8. The van der Waals surface area contributed by atoms with Crippen LogP contribution in [0.15, 0.2) is 182 Å². The zero-order chi connectivity index (χ0) is 82.6. The lowest BCUT2D eigenvalue weighted by atomic mass is 10.0. The Balaban J connectivity index is 0.000000344. The average Bonchev–Trinajstić information content (AvgIpc) is 0.834. The molecular weight excluding hydrogens is 1510 g/mol. The minimum Gasteiger partial charge on any atom is -0.489 e. The lowest BCUT2D eigenvalue weighted by Gasteiger charge is -2.15. The Bertz CT molecular complexity index is 5280. The van der Waals surface area contributed by atoms with Crippen LogP contribution in [0.2, 0.25) is 0 Å². The number of rotatable bonds is 37. The summed E-state index contributed by atoms with van der Waals surface area (Å²) in [4.78, 5) is 117. The highest BCUT2D eigenvalue weighted by atomic mass is 16.7. The van der Waals surface area contributed by atoms with E-state index in [1.54, 1.807) is 67.6 Å². The van der Waals surface area contributed by atoms with E-state index >= 15 is 0 Å². The highest BCUT2D eigenvalue weighted by Crippen LogP contribution is 2.39. The molecule has 0 amide bonds. The predicted molar refractivity (Wildman–Crippen MR) is 392 cm³/mol. The molecule has 0 aromatic heterocycles. The SMILES string of the molecule is CCc1cc(COc2ccc([N+](=O)[O-])cc2[N+](=O)[O-])cc(COc2ccc([N+](=O)[O-])cc2[N+](=O)[O-])c1.Cc1ccc(OCc2cc(COc3cc(CO)cc(OCc4cc(COc5ccc([N+](=O)[O-])cc5[N+](=O)[O-])cc(COc5ccc([N+](=O)[O-])cc5[N+](=O)[O-])c4)c3)cc(COc3ccc([N+](=O)[O-])cc3[N+](=O)[O-])c2)c([N+](=O)[O-])c1. The zero-order valence-corrected chi connectivity index (χ0v) is 59.0. The molecule has 0 atom stereocenters. The first-order chi connectivity index (χ1) is 54.3. The summed E-state index contributed by atoms with van der Waals surface area (Å²) < 4.78 is 46.6. The van der Waals surface area contributed by atoms with Gasteiger partial charge >= 0.3 is 34.1 Å². The second kappa shape index (κ2) is 37.2. The van der Waals surface area contributed by atoms with Crippen molar-refractivity contribution in [3.05, 3.63) is 354 Å². The van der Waals surface area contributed by atoms with Crippen LogP contribution in [0.1, 0.15) is 68.1 Å². The molecule has 0 aliphatic rings. The molecule has 0 saturated carbocycles. The van der Waals surface area contributed by atoms with Gasteiger partial charge in [-0.3, -0.25) is 111 Å². The van der Waals surface area contributed by atoms with Gasteiger partial charge < -0.3 is 43.0 Å². The Morgan fingerprint density at radius 1 is 0.237 bits per heavy atom. The number of hydrogen-bond acceptors (Lipinski definition) is 31. The number of aliphatic hydroxyl groups excluding tert-OH is 1. The second-order valence-electron chi connectivity index (χ2n) is 24.2. The molecule has 0 bridgehead atoms. The number of aryl methyl sites for hydroxylation is 2. The molecule has 1 N–H and O–H groups in total. The molecule has 0 heterocycles. The Hall–Kier alpha value is -16.0. The van der Waals surface area contributed by atoms with E-state index < -0.39 is 118 Å². The summed E-state index contributed by atoms with van der Waals surface area (Å²) in [6.07, 6.45) is 0.621. The van der Waals surface area contributed by atoms with Crippen molar-refractivity contribution in [3.8, 4) is 46.0 Å². The van der Waals surface area contributed by atoms with Crippen LogP contribution < -0.4 is 37.9 Å². The molecule has 0 unspecified atom stereocenters. The molecule has 0 fully saturated rings. The van der Waals surface area contributed by atoms with E-state index in [0.29, 0.717) is 62.1 Å². The van der Waals surface area contributed by atoms with Crippen LogP contribution in [0.5, 0.6) is 46.0 Å². The summed E-state index contributed by atoms with van der Waals surface area (Å²) in [7, 11) is 0. The van der Waals surface area contributed by atoms with Crippen molar-refractivity contribution >= 4 is 62.6 Å². The van der Waals surface area contributed by atoms with Crippen molar-refractivity contribution in [1.82, 2.24) is 0 Å².